The van der Waals surface area contributed by atoms with E-state index in [0.717, 1.165) is 18.2 Å². The van der Waals surface area contributed by atoms with Gasteiger partial charge in [0.1, 0.15) is 5.75 Å². The highest BCUT2D eigenvalue weighted by Gasteiger charge is 2.24. The van der Waals surface area contributed by atoms with Crippen molar-refractivity contribution < 1.29 is 19.7 Å². The first-order chi connectivity index (χ1) is 12.9. The van der Waals surface area contributed by atoms with Gasteiger partial charge in [-0.05, 0) is 19.9 Å². The number of para-hydroxylation sites is 1. The zero-order valence-electron chi connectivity index (χ0n) is 17.7. The first-order valence-electron chi connectivity index (χ1n) is 9.50. The van der Waals surface area contributed by atoms with Crippen molar-refractivity contribution in [2.45, 2.75) is 54.6 Å². The number of hydrogen-bond acceptors (Lipinski definition) is 4. The van der Waals surface area contributed by atoms with Gasteiger partial charge in [0.2, 0.25) is 0 Å². The zero-order valence-corrected chi connectivity index (χ0v) is 17.7. The van der Waals surface area contributed by atoms with E-state index < -0.39 is 5.97 Å². The lowest BCUT2D eigenvalue weighted by molar-refractivity contribution is -0.302. The molecule has 0 saturated heterocycles. The summed E-state index contributed by atoms with van der Waals surface area (Å²) in [5.74, 6) is -0.0667. The van der Waals surface area contributed by atoms with E-state index in [0.29, 0.717) is 6.61 Å². The summed E-state index contributed by atoms with van der Waals surface area (Å²) in [5, 5.41) is 18.6. The van der Waals surface area contributed by atoms with Crippen LogP contribution in [0, 0.1) is 12.8 Å². The molecule has 0 fully saturated rings. The molecule has 3 rings (SSSR count). The Kier molecular flexibility index (Phi) is 17.0. The molecule has 0 saturated carbocycles. The predicted octanol–water partition coefficient (Wildman–Crippen LogP) is 4.55. The van der Waals surface area contributed by atoms with Crippen LogP contribution in [0.3, 0.4) is 0 Å². The molecule has 0 radical (unpaired) electrons. The normalized spacial score (nSPS) is 15.9. The van der Waals surface area contributed by atoms with Crippen molar-refractivity contribution in [3.63, 3.8) is 0 Å². The molecule has 1 heterocycles. The Balaban J connectivity index is 0. The molecule has 1 aliphatic heterocycles. The molecule has 2 atom stereocenters. The Morgan fingerprint density at radius 1 is 1.00 bits per heavy atom. The summed E-state index contributed by atoms with van der Waals surface area (Å²) in [6.07, 6.45) is -0.366. The number of fused-ring (bicyclic) bond motifs is 1. The monoisotopic (exact) mass is 375 g/mol. The SMILES string of the molecule is CC.CC.CC(=O)[O-].C[C@@H]1COc2ccccc2[C@H]1O.Cc1ccccc1. The Labute approximate surface area is 164 Å². The lowest BCUT2D eigenvalue weighted by Gasteiger charge is -2.27. The van der Waals surface area contributed by atoms with E-state index in [2.05, 4.69) is 19.1 Å². The van der Waals surface area contributed by atoms with Gasteiger partial charge < -0.3 is 19.7 Å². The number of benzene rings is 2. The van der Waals surface area contributed by atoms with Crippen molar-refractivity contribution in [2.75, 3.05) is 6.61 Å². The molecule has 2 aromatic carbocycles. The van der Waals surface area contributed by atoms with Crippen LogP contribution in [-0.2, 0) is 4.79 Å². The van der Waals surface area contributed by atoms with Crippen LogP contribution < -0.4 is 9.84 Å². The molecular formula is C23H35O4-. The summed E-state index contributed by atoms with van der Waals surface area (Å²) >= 11 is 0. The first-order valence-corrected chi connectivity index (χ1v) is 9.50. The van der Waals surface area contributed by atoms with E-state index in [1.807, 2.05) is 77.1 Å². The highest BCUT2D eigenvalue weighted by molar-refractivity contribution is 5.60. The molecule has 0 amide bonds. The van der Waals surface area contributed by atoms with Crippen LogP contribution in [0.5, 0.6) is 5.75 Å². The van der Waals surface area contributed by atoms with Gasteiger partial charge in [-0.2, -0.15) is 0 Å². The third-order valence-corrected chi connectivity index (χ3v) is 3.22. The highest BCUT2D eigenvalue weighted by Crippen LogP contribution is 2.34. The smallest absolute Gasteiger partial charge is 0.125 e. The van der Waals surface area contributed by atoms with E-state index in [1.54, 1.807) is 0 Å². The second-order valence-electron chi connectivity index (χ2n) is 5.42. The van der Waals surface area contributed by atoms with Crippen LogP contribution in [0.2, 0.25) is 0 Å². The summed E-state index contributed by atoms with van der Waals surface area (Å²) in [5.41, 5.74) is 2.23. The summed E-state index contributed by atoms with van der Waals surface area (Å²) < 4.78 is 5.45. The van der Waals surface area contributed by atoms with Crippen LogP contribution in [0.1, 0.15) is 58.8 Å². The van der Waals surface area contributed by atoms with Crippen LogP contribution >= 0.6 is 0 Å². The maximum atomic E-state index is 9.75. The summed E-state index contributed by atoms with van der Waals surface area (Å²) in [6, 6.07) is 17.9. The number of ether oxygens (including phenoxy) is 1. The second-order valence-corrected chi connectivity index (χ2v) is 5.42. The number of hydrogen-bond donors (Lipinski definition) is 1. The van der Waals surface area contributed by atoms with E-state index in [1.165, 1.54) is 5.56 Å². The van der Waals surface area contributed by atoms with E-state index in [9.17, 15) is 5.11 Å². The van der Waals surface area contributed by atoms with Gasteiger partial charge in [0.25, 0.3) is 0 Å². The molecule has 0 bridgehead atoms. The third-order valence-electron chi connectivity index (χ3n) is 3.22. The number of aryl methyl sites for hydroxylation is 1. The molecule has 1 N–H and O–H groups in total. The quantitative estimate of drug-likeness (QED) is 0.733. The molecule has 4 nitrogen and oxygen atoms in total. The number of aliphatic carboxylic acids is 1. The first kappa shape index (κ1) is 26.9. The number of carbonyl (C=O) groups excluding carboxylic acids is 1. The molecule has 0 aromatic heterocycles. The predicted molar refractivity (Wildman–Crippen MR) is 111 cm³/mol. The van der Waals surface area contributed by atoms with Gasteiger partial charge in [0, 0.05) is 17.5 Å². The molecule has 0 spiro atoms. The molecule has 0 unspecified atom stereocenters. The maximum absolute atomic E-state index is 9.75. The molecule has 0 aliphatic carbocycles. The van der Waals surface area contributed by atoms with E-state index in [-0.39, 0.29) is 12.0 Å². The van der Waals surface area contributed by atoms with Crippen LogP contribution in [0.4, 0.5) is 0 Å². The Bertz CT molecular complexity index is 592. The lowest BCUT2D eigenvalue weighted by Crippen LogP contribution is -2.23. The number of aliphatic hydroxyl groups excluding tert-OH is 1. The minimum absolute atomic E-state index is 0.194. The average molecular weight is 376 g/mol. The number of carboxylic acids is 1. The topological polar surface area (TPSA) is 69.6 Å². The van der Waals surface area contributed by atoms with Gasteiger partial charge in [0.15, 0.2) is 0 Å². The minimum Gasteiger partial charge on any atom is -0.550 e. The summed E-state index contributed by atoms with van der Waals surface area (Å²) in [7, 11) is 0. The number of aliphatic hydroxyl groups is 1. The van der Waals surface area contributed by atoms with Crippen molar-refractivity contribution in [3.8, 4) is 5.75 Å². The Morgan fingerprint density at radius 2 is 1.44 bits per heavy atom. The van der Waals surface area contributed by atoms with Gasteiger partial charge in [-0.15, -0.1) is 0 Å². The largest absolute Gasteiger partial charge is 0.550 e. The lowest BCUT2D eigenvalue weighted by atomic mass is 9.95. The third kappa shape index (κ3) is 12.6. The van der Waals surface area contributed by atoms with Gasteiger partial charge >= 0.3 is 0 Å². The zero-order chi connectivity index (χ0) is 21.2. The number of rotatable bonds is 0. The fraction of sp³-hybridized carbons (Fsp3) is 0.435. The van der Waals surface area contributed by atoms with Crippen LogP contribution in [0.15, 0.2) is 54.6 Å². The van der Waals surface area contributed by atoms with Crippen molar-refractivity contribution in [3.05, 3.63) is 65.7 Å². The van der Waals surface area contributed by atoms with Gasteiger partial charge in [-0.25, -0.2) is 0 Å². The van der Waals surface area contributed by atoms with E-state index >= 15 is 0 Å². The van der Waals surface area contributed by atoms with Crippen LogP contribution in [-0.4, -0.2) is 17.7 Å². The molecule has 1 aliphatic rings. The molecular weight excluding hydrogens is 340 g/mol. The van der Waals surface area contributed by atoms with Crippen molar-refractivity contribution in [2.24, 2.45) is 5.92 Å². The molecule has 4 heteroatoms. The Morgan fingerprint density at radius 3 is 1.89 bits per heavy atom. The second kappa shape index (κ2) is 17.1. The van der Waals surface area contributed by atoms with Gasteiger partial charge in [-0.1, -0.05) is 88.7 Å². The fourth-order valence-electron chi connectivity index (χ4n) is 2.01. The summed E-state index contributed by atoms with van der Waals surface area (Å²) in [4.78, 5) is 8.89. The van der Waals surface area contributed by atoms with Gasteiger partial charge in [-0.3, -0.25) is 0 Å². The van der Waals surface area contributed by atoms with Gasteiger partial charge in [0.05, 0.1) is 12.7 Å². The molecule has 2 aromatic rings. The number of carbonyl (C=O) groups is 1. The average Bonchev–Trinajstić information content (AvgIpc) is 2.69. The van der Waals surface area contributed by atoms with Crippen molar-refractivity contribution in [1.29, 1.82) is 0 Å². The summed E-state index contributed by atoms with van der Waals surface area (Å²) in [6.45, 7) is 13.7. The minimum atomic E-state index is -1.08. The molecule has 152 valence electrons. The number of carboxylic acid groups (broad SMARTS) is 1. The van der Waals surface area contributed by atoms with Crippen molar-refractivity contribution in [1.82, 2.24) is 0 Å². The van der Waals surface area contributed by atoms with E-state index in [4.69, 9.17) is 14.6 Å². The highest BCUT2D eigenvalue weighted by atomic mass is 16.5. The van der Waals surface area contributed by atoms with Crippen molar-refractivity contribution >= 4 is 5.97 Å². The fourth-order valence-corrected chi connectivity index (χ4v) is 2.01. The standard InChI is InChI=1S/C10H12O2.C7H8.C2H4O2.2C2H6/c1-7-6-12-9-5-3-2-4-8(9)10(7)11;1-7-5-3-2-4-6-7;1-2(3)4;2*1-2/h2-5,7,10-11H,6H2,1H3;2-6H,1H3;1H3,(H,3,4);2*1-2H3/p-1/t7-,10+;;;;/m1..../s1. The maximum Gasteiger partial charge on any atom is 0.125 e. The van der Waals surface area contributed by atoms with Crippen LogP contribution in [0.25, 0.3) is 0 Å². The molecule has 27 heavy (non-hydrogen) atoms. The Hall–Kier alpha value is -2.33.